The molecule has 110 valence electrons. The summed E-state index contributed by atoms with van der Waals surface area (Å²) in [6, 6.07) is 17.8. The lowest BCUT2D eigenvalue weighted by Gasteiger charge is -2.26. The summed E-state index contributed by atoms with van der Waals surface area (Å²) in [4.78, 5) is 12.0. The number of rotatable bonds is 4. The van der Waals surface area contributed by atoms with Crippen LogP contribution in [-0.4, -0.2) is 16.5 Å². The van der Waals surface area contributed by atoms with E-state index in [-0.39, 0.29) is 11.2 Å². The molecule has 0 fully saturated rings. The Morgan fingerprint density at radius 1 is 0.810 bits per heavy atom. The molecule has 0 saturated heterocycles. The first-order valence-corrected chi connectivity index (χ1v) is 7.16. The summed E-state index contributed by atoms with van der Waals surface area (Å²) in [5, 5.41) is 9.80. The van der Waals surface area contributed by atoms with Gasteiger partial charge >= 0.3 is 0 Å². The van der Waals surface area contributed by atoms with Crippen molar-refractivity contribution < 1.29 is 9.90 Å². The highest BCUT2D eigenvalue weighted by atomic mass is 16.3. The molecule has 2 rings (SSSR count). The Kier molecular flexibility index (Phi) is 4.02. The molecule has 2 aromatic carbocycles. The highest BCUT2D eigenvalue weighted by molar-refractivity contribution is 6.01. The van der Waals surface area contributed by atoms with Crippen LogP contribution in [-0.2, 0) is 5.41 Å². The molecule has 0 spiro atoms. The molecule has 2 heteroatoms. The number of benzene rings is 2. The van der Waals surface area contributed by atoms with Gasteiger partial charge in [-0.3, -0.25) is 4.79 Å². The molecule has 0 bridgehead atoms. The molecule has 0 heterocycles. The Hall–Kier alpha value is -1.93. The highest BCUT2D eigenvalue weighted by Crippen LogP contribution is 2.31. The zero-order chi connectivity index (χ0) is 15.7. The van der Waals surface area contributed by atoms with Gasteiger partial charge in [0, 0.05) is 11.0 Å². The van der Waals surface area contributed by atoms with Gasteiger partial charge in [-0.1, -0.05) is 68.4 Å². The van der Waals surface area contributed by atoms with Crippen molar-refractivity contribution in [2.75, 3.05) is 0 Å². The molecule has 0 aromatic heterocycles. The predicted octanol–water partition coefficient (Wildman–Crippen LogP) is 3.97. The minimum Gasteiger partial charge on any atom is -0.382 e. The van der Waals surface area contributed by atoms with E-state index in [1.54, 1.807) is 12.1 Å². The highest BCUT2D eigenvalue weighted by Gasteiger charge is 2.27. The maximum absolute atomic E-state index is 12.0. The van der Waals surface area contributed by atoms with E-state index >= 15 is 0 Å². The summed E-state index contributed by atoms with van der Waals surface area (Å²) in [7, 11) is 0. The van der Waals surface area contributed by atoms with Crippen LogP contribution >= 0.6 is 0 Å². The fourth-order valence-electron chi connectivity index (χ4n) is 2.41. The molecule has 0 amide bonds. The average molecular weight is 282 g/mol. The van der Waals surface area contributed by atoms with E-state index < -0.39 is 5.60 Å². The van der Waals surface area contributed by atoms with Gasteiger partial charge in [0.2, 0.25) is 0 Å². The average Bonchev–Trinajstić information content (AvgIpc) is 2.46. The van der Waals surface area contributed by atoms with Gasteiger partial charge in [-0.15, -0.1) is 0 Å². The van der Waals surface area contributed by atoms with Crippen LogP contribution in [0.5, 0.6) is 0 Å². The van der Waals surface area contributed by atoms with Gasteiger partial charge in [0.1, 0.15) is 5.60 Å². The van der Waals surface area contributed by atoms with Gasteiger partial charge in [0.15, 0.2) is 5.78 Å². The summed E-state index contributed by atoms with van der Waals surface area (Å²) in [5.41, 5.74) is 1.44. The molecule has 0 unspecified atom stereocenters. The zero-order valence-corrected chi connectivity index (χ0v) is 13.1. The summed E-state index contributed by atoms with van der Waals surface area (Å²) < 4.78 is 0. The molecule has 0 atom stereocenters. The van der Waals surface area contributed by atoms with Crippen molar-refractivity contribution in [1.82, 2.24) is 0 Å². The van der Waals surface area contributed by atoms with Crippen LogP contribution in [0.4, 0.5) is 0 Å². The van der Waals surface area contributed by atoms with E-state index in [1.807, 2.05) is 30.3 Å². The number of hydrogen-bond acceptors (Lipinski definition) is 2. The second-order valence-corrected chi connectivity index (χ2v) is 6.46. The van der Waals surface area contributed by atoms with Crippen LogP contribution in [0, 0.1) is 0 Å². The molecule has 0 aliphatic carbocycles. The summed E-state index contributed by atoms with van der Waals surface area (Å²) in [6.07, 6.45) is 0. The normalized spacial score (nSPS) is 12.2. The Bertz CT molecular complexity index is 617. The lowest BCUT2D eigenvalue weighted by molar-refractivity contribution is 0.0488. The zero-order valence-electron chi connectivity index (χ0n) is 13.1. The van der Waals surface area contributed by atoms with Crippen molar-refractivity contribution in [2.45, 2.75) is 38.7 Å². The van der Waals surface area contributed by atoms with Crippen LogP contribution in [0.15, 0.2) is 54.6 Å². The summed E-state index contributed by atoms with van der Waals surface area (Å²) >= 11 is 0. The van der Waals surface area contributed by atoms with Gasteiger partial charge in [0.05, 0.1) is 0 Å². The summed E-state index contributed by atoms with van der Waals surface area (Å²) in [6.45, 7) is 7.35. The molecule has 0 radical (unpaired) electrons. The molecule has 2 nitrogen and oxygen atoms in total. The molecular formula is C19H22O2. The minimum absolute atomic E-state index is 0.127. The molecule has 21 heavy (non-hydrogen) atoms. The van der Waals surface area contributed by atoms with Gasteiger partial charge in [-0.2, -0.15) is 0 Å². The van der Waals surface area contributed by atoms with Crippen molar-refractivity contribution in [3.05, 3.63) is 71.3 Å². The van der Waals surface area contributed by atoms with Crippen molar-refractivity contribution in [3.8, 4) is 0 Å². The Labute approximate surface area is 126 Å². The topological polar surface area (TPSA) is 37.3 Å². The van der Waals surface area contributed by atoms with E-state index in [9.17, 15) is 9.90 Å². The minimum atomic E-state index is -1.34. The lowest BCUT2D eigenvalue weighted by atomic mass is 9.78. The van der Waals surface area contributed by atoms with Crippen LogP contribution in [0.25, 0.3) is 0 Å². The third-order valence-corrected chi connectivity index (χ3v) is 3.92. The molecule has 0 aliphatic rings. The Balaban J connectivity index is 2.33. The van der Waals surface area contributed by atoms with E-state index in [4.69, 9.17) is 0 Å². The van der Waals surface area contributed by atoms with E-state index in [1.165, 1.54) is 19.4 Å². The SMILES string of the molecule is CC(C)(O)C(=O)c1ccc(C(C)(C)c2ccccc2)cc1. The van der Waals surface area contributed by atoms with Gasteiger partial charge in [-0.05, 0) is 25.0 Å². The van der Waals surface area contributed by atoms with Crippen LogP contribution in [0.1, 0.15) is 49.2 Å². The lowest BCUT2D eigenvalue weighted by Crippen LogP contribution is -2.31. The third kappa shape index (κ3) is 3.22. The second-order valence-electron chi connectivity index (χ2n) is 6.46. The van der Waals surface area contributed by atoms with Gasteiger partial charge in [-0.25, -0.2) is 0 Å². The smallest absolute Gasteiger partial charge is 0.193 e. The molecule has 0 aliphatic heterocycles. The maximum Gasteiger partial charge on any atom is 0.193 e. The number of aliphatic hydroxyl groups is 1. The van der Waals surface area contributed by atoms with Crippen LogP contribution in [0.2, 0.25) is 0 Å². The van der Waals surface area contributed by atoms with Crippen LogP contribution < -0.4 is 0 Å². The van der Waals surface area contributed by atoms with Crippen molar-refractivity contribution in [3.63, 3.8) is 0 Å². The number of carbonyl (C=O) groups is 1. The van der Waals surface area contributed by atoms with Crippen molar-refractivity contribution in [1.29, 1.82) is 0 Å². The number of ketones is 1. The van der Waals surface area contributed by atoms with Crippen molar-refractivity contribution >= 4 is 5.78 Å². The quantitative estimate of drug-likeness (QED) is 0.862. The largest absolute Gasteiger partial charge is 0.382 e. The fourth-order valence-corrected chi connectivity index (χ4v) is 2.41. The summed E-state index contributed by atoms with van der Waals surface area (Å²) in [5.74, 6) is -0.258. The maximum atomic E-state index is 12.0. The number of Topliss-reactive ketones (excluding diaryl/α,β-unsaturated/α-hetero) is 1. The molecule has 1 N–H and O–H groups in total. The Morgan fingerprint density at radius 3 is 1.76 bits per heavy atom. The molecule has 0 saturated carbocycles. The van der Waals surface area contributed by atoms with Crippen LogP contribution in [0.3, 0.4) is 0 Å². The predicted molar refractivity (Wildman–Crippen MR) is 85.6 cm³/mol. The first kappa shape index (κ1) is 15.5. The monoisotopic (exact) mass is 282 g/mol. The number of carbonyl (C=O) groups excluding carboxylic acids is 1. The van der Waals surface area contributed by atoms with E-state index in [0.717, 1.165) is 5.56 Å². The third-order valence-electron chi connectivity index (χ3n) is 3.92. The standard InChI is InChI=1S/C19H22O2/c1-18(2,15-8-6-5-7-9-15)16-12-10-14(11-13-16)17(20)19(3,4)21/h5-13,21H,1-4H3. The van der Waals surface area contributed by atoms with Crippen molar-refractivity contribution in [2.24, 2.45) is 0 Å². The van der Waals surface area contributed by atoms with Gasteiger partial charge < -0.3 is 5.11 Å². The fraction of sp³-hybridized carbons (Fsp3) is 0.316. The molecular weight excluding hydrogens is 260 g/mol. The number of hydrogen-bond donors (Lipinski definition) is 1. The first-order valence-electron chi connectivity index (χ1n) is 7.16. The molecule has 2 aromatic rings. The van der Waals surface area contributed by atoms with E-state index in [2.05, 4.69) is 26.0 Å². The second kappa shape index (κ2) is 5.45. The first-order chi connectivity index (χ1) is 9.73. The van der Waals surface area contributed by atoms with Gasteiger partial charge in [0.25, 0.3) is 0 Å². The van der Waals surface area contributed by atoms with E-state index in [0.29, 0.717) is 5.56 Å². The Morgan fingerprint density at radius 2 is 1.29 bits per heavy atom.